The summed E-state index contributed by atoms with van der Waals surface area (Å²) in [5.74, 6) is 0. The standard InChI is InChI=1S/2C13H10.2C12H8.2C3H8.4C2H6.2Y/c2*1-3-7-12-10(5-1)9-11-6-2-4-8-13(11)12;2*1-3-7-11(8-4-1)12-9-5-2-6-10-12;2*1-3-2;4*1-2;;/h2*1-8H,9H2;2*1-7,9H;2*3H2,1-2H3;4*1-2H3;;/q;;2*-2;;;;;;;;. The van der Waals surface area contributed by atoms with E-state index < -0.39 is 0 Å². The van der Waals surface area contributed by atoms with E-state index in [2.05, 4.69) is 149 Å². The van der Waals surface area contributed by atoms with Gasteiger partial charge in [-0.3, -0.25) is 0 Å². The number of benzene rings is 8. The number of hydrogen-bond acceptors (Lipinski definition) is 0. The Labute approximate surface area is 454 Å². The summed E-state index contributed by atoms with van der Waals surface area (Å²) in [6.07, 6.45) is 4.71. The van der Waals surface area contributed by atoms with Crippen LogP contribution in [0.4, 0.5) is 0 Å². The number of fused-ring (bicyclic) bond motifs is 6. The second-order valence-corrected chi connectivity index (χ2v) is 13.5. The van der Waals surface area contributed by atoms with Crippen molar-refractivity contribution in [2.45, 2.75) is 109 Å². The maximum absolute atomic E-state index is 3.15. The second-order valence-electron chi connectivity index (χ2n) is 13.5. The van der Waals surface area contributed by atoms with Gasteiger partial charge in [-0.1, -0.05) is 193 Å². The van der Waals surface area contributed by atoms with Crippen LogP contribution >= 0.6 is 0 Å². The summed E-state index contributed by atoms with van der Waals surface area (Å²) in [5.41, 5.74) is 15.9. The molecule has 10 rings (SSSR count). The quantitative estimate of drug-likeness (QED) is 0.151. The van der Waals surface area contributed by atoms with Gasteiger partial charge in [0.25, 0.3) is 0 Å². The normalized spacial score (nSPS) is 9.27. The molecule has 0 atom stereocenters. The van der Waals surface area contributed by atoms with E-state index in [0.29, 0.717) is 0 Å². The summed E-state index contributed by atoms with van der Waals surface area (Å²) in [5, 5.41) is 0. The first-order chi connectivity index (χ1) is 31.7. The van der Waals surface area contributed by atoms with Crippen LogP contribution in [-0.4, -0.2) is 0 Å². The predicted octanol–water partition coefficient (Wildman–Crippen LogP) is 19.4. The van der Waals surface area contributed by atoms with Crippen LogP contribution < -0.4 is 0 Å². The molecule has 0 nitrogen and oxygen atoms in total. The maximum atomic E-state index is 3.15. The molecular weight excluding hydrogens is 947 g/mol. The Balaban J connectivity index is 0. The first kappa shape index (κ1) is 64.1. The Hall–Kier alpha value is -4.03. The molecule has 2 heteroatoms. The molecule has 8 aromatic rings. The van der Waals surface area contributed by atoms with Gasteiger partial charge in [0.05, 0.1) is 0 Å². The average molecular weight is 1020 g/mol. The van der Waals surface area contributed by atoms with Crippen LogP contribution in [0.25, 0.3) is 44.5 Å². The summed E-state index contributed by atoms with van der Waals surface area (Å²) < 4.78 is 0. The van der Waals surface area contributed by atoms with Crippen molar-refractivity contribution in [3.05, 3.63) is 241 Å². The van der Waals surface area contributed by atoms with Gasteiger partial charge in [-0.05, 0) is 57.3 Å². The number of hydrogen-bond donors (Lipinski definition) is 0. The fourth-order valence-corrected chi connectivity index (χ4v) is 6.40. The zero-order chi connectivity index (χ0) is 47.2. The molecule has 0 aliphatic heterocycles. The molecule has 0 spiro atoms. The van der Waals surface area contributed by atoms with Crippen LogP contribution in [-0.2, 0) is 78.3 Å². The van der Waals surface area contributed by atoms with Crippen molar-refractivity contribution in [3.63, 3.8) is 0 Å². The van der Waals surface area contributed by atoms with Crippen molar-refractivity contribution < 1.29 is 65.4 Å². The van der Waals surface area contributed by atoms with Crippen LogP contribution in [0.1, 0.15) is 118 Å². The van der Waals surface area contributed by atoms with Gasteiger partial charge in [-0.15, -0.1) is 24.3 Å². The Morgan fingerprint density at radius 2 is 0.439 bits per heavy atom. The Morgan fingerprint density at radius 1 is 0.273 bits per heavy atom. The second kappa shape index (κ2) is 42.3. The molecule has 2 radical (unpaired) electrons. The third-order valence-electron chi connectivity index (χ3n) is 8.83. The Kier molecular flexibility index (Phi) is 41.1. The van der Waals surface area contributed by atoms with Crippen LogP contribution in [0.5, 0.6) is 0 Å². The van der Waals surface area contributed by atoms with E-state index in [1.807, 2.05) is 152 Å². The van der Waals surface area contributed by atoms with Crippen molar-refractivity contribution >= 4 is 0 Å². The Morgan fingerprint density at radius 3 is 0.606 bits per heavy atom. The molecule has 0 heterocycles. The van der Waals surface area contributed by atoms with Gasteiger partial charge in [0.15, 0.2) is 0 Å². The largest absolute Gasteiger partial charge is 0.226 e. The van der Waals surface area contributed by atoms with Gasteiger partial charge < -0.3 is 0 Å². The zero-order valence-electron chi connectivity index (χ0n) is 42.5. The van der Waals surface area contributed by atoms with Gasteiger partial charge in [-0.25, -0.2) is 22.3 Å². The summed E-state index contributed by atoms with van der Waals surface area (Å²) in [7, 11) is 0. The van der Waals surface area contributed by atoms with Gasteiger partial charge >= 0.3 is 0 Å². The predicted molar refractivity (Wildman–Crippen MR) is 286 cm³/mol. The summed E-state index contributed by atoms with van der Waals surface area (Å²) in [6.45, 7) is 24.5. The molecule has 0 saturated heterocycles. The van der Waals surface area contributed by atoms with E-state index in [1.165, 1.54) is 57.3 Å². The first-order valence-corrected chi connectivity index (χ1v) is 23.9. The van der Waals surface area contributed by atoms with E-state index >= 15 is 0 Å². The topological polar surface area (TPSA) is 0 Å². The van der Waals surface area contributed by atoms with Crippen molar-refractivity contribution in [2.75, 3.05) is 0 Å². The minimum Gasteiger partial charge on any atom is -0.226 e. The van der Waals surface area contributed by atoms with Crippen LogP contribution in [0.15, 0.2) is 194 Å². The molecule has 2 aliphatic carbocycles. The van der Waals surface area contributed by atoms with Crippen LogP contribution in [0.3, 0.4) is 0 Å². The minimum absolute atomic E-state index is 0. The summed E-state index contributed by atoms with van der Waals surface area (Å²) in [4.78, 5) is 0. The first-order valence-electron chi connectivity index (χ1n) is 23.9. The summed E-state index contributed by atoms with van der Waals surface area (Å²) in [6, 6.07) is 78.9. The van der Waals surface area contributed by atoms with Gasteiger partial charge in [0.1, 0.15) is 0 Å². The molecule has 0 unspecified atom stereocenters. The smallest absolute Gasteiger partial charge is 0 e. The van der Waals surface area contributed by atoms with E-state index in [-0.39, 0.29) is 65.4 Å². The zero-order valence-corrected chi connectivity index (χ0v) is 48.1. The maximum Gasteiger partial charge on any atom is 0 e. The van der Waals surface area contributed by atoms with E-state index in [0.717, 1.165) is 35.1 Å². The summed E-state index contributed by atoms with van der Waals surface area (Å²) >= 11 is 0. The van der Waals surface area contributed by atoms with Gasteiger partial charge in [-0.2, -0.15) is 97.1 Å². The fraction of sp³-hybridized carbons (Fsp3) is 0.250. The number of rotatable bonds is 2. The molecule has 342 valence electrons. The SMILES string of the molecule is CC.CC.CC.CC.CCC.CCC.[Y].[Y].[c-]1ccccc1-c1[c-]cccc1.[c-]1ccccc1-c1[c-]cccc1.c1ccc2c(c1)Cc1ccccc1-2.c1ccc2c(c1)Cc1ccccc1-2. The molecule has 8 aromatic carbocycles. The molecule has 0 aromatic heterocycles. The van der Waals surface area contributed by atoms with E-state index in [1.54, 1.807) is 0 Å². The van der Waals surface area contributed by atoms with Gasteiger partial charge in [0.2, 0.25) is 0 Å². The molecule has 2 aliphatic rings. The minimum atomic E-state index is 0. The van der Waals surface area contributed by atoms with Crippen LogP contribution in [0, 0.1) is 24.3 Å². The monoisotopic (exact) mass is 1020 g/mol. The van der Waals surface area contributed by atoms with Crippen LogP contribution in [0.2, 0.25) is 0 Å². The molecule has 0 amide bonds. The van der Waals surface area contributed by atoms with E-state index in [9.17, 15) is 0 Å². The molecule has 0 bridgehead atoms. The third kappa shape index (κ3) is 22.6. The van der Waals surface area contributed by atoms with Gasteiger partial charge in [0, 0.05) is 65.4 Å². The van der Waals surface area contributed by atoms with E-state index in [4.69, 9.17) is 0 Å². The molecule has 0 fully saturated rings. The average Bonchev–Trinajstić information content (AvgIpc) is 3.97. The molecule has 0 saturated carbocycles. The fourth-order valence-electron chi connectivity index (χ4n) is 6.40. The van der Waals surface area contributed by atoms with Crippen molar-refractivity contribution in [3.8, 4) is 44.5 Å². The molecule has 66 heavy (non-hydrogen) atoms. The van der Waals surface area contributed by atoms with Crippen molar-refractivity contribution in [1.29, 1.82) is 0 Å². The molecular formula is C64H76Y2-4. The van der Waals surface area contributed by atoms with Crippen molar-refractivity contribution in [2.24, 2.45) is 0 Å². The van der Waals surface area contributed by atoms with Crippen molar-refractivity contribution in [1.82, 2.24) is 0 Å². The third-order valence-corrected chi connectivity index (χ3v) is 8.83. The Bertz CT molecular complexity index is 1950. The molecule has 0 N–H and O–H groups in total.